The van der Waals surface area contributed by atoms with Crippen LogP contribution in [-0.2, 0) is 11.2 Å². The van der Waals surface area contributed by atoms with E-state index in [9.17, 15) is 4.79 Å². The number of amides is 1. The maximum Gasteiger partial charge on any atom is 0.271 e. The molecular weight excluding hydrogens is 368 g/mol. The summed E-state index contributed by atoms with van der Waals surface area (Å²) in [4.78, 5) is 26.4. The molecule has 152 valence electrons. The number of morpholine rings is 1. The number of carbonyl (C=O) groups is 1. The minimum absolute atomic E-state index is 0.211. The first-order valence-corrected chi connectivity index (χ1v) is 9.99. The van der Waals surface area contributed by atoms with E-state index in [0.717, 1.165) is 51.3 Å². The molecule has 1 aromatic carbocycles. The van der Waals surface area contributed by atoms with Crippen LogP contribution in [0.2, 0.25) is 0 Å². The molecule has 8 nitrogen and oxygen atoms in total. The van der Waals surface area contributed by atoms with E-state index in [4.69, 9.17) is 4.74 Å². The Kier molecular flexibility index (Phi) is 6.33. The van der Waals surface area contributed by atoms with Crippen LogP contribution in [0.4, 0.5) is 5.82 Å². The van der Waals surface area contributed by atoms with E-state index in [-0.39, 0.29) is 5.91 Å². The monoisotopic (exact) mass is 394 g/mol. The number of benzene rings is 1. The van der Waals surface area contributed by atoms with Crippen molar-refractivity contribution >= 4 is 22.6 Å². The quantitative estimate of drug-likeness (QED) is 0.538. The third-order valence-electron chi connectivity index (χ3n) is 5.08. The van der Waals surface area contributed by atoms with Crippen LogP contribution in [0.5, 0.6) is 0 Å². The summed E-state index contributed by atoms with van der Waals surface area (Å²) in [6, 6.07) is 8.15. The van der Waals surface area contributed by atoms with Crippen LogP contribution in [-0.4, -0.2) is 71.7 Å². The Morgan fingerprint density at radius 3 is 2.83 bits per heavy atom. The van der Waals surface area contributed by atoms with Crippen LogP contribution in [0.15, 0.2) is 42.9 Å². The highest BCUT2D eigenvalue weighted by Crippen LogP contribution is 2.17. The smallest absolute Gasteiger partial charge is 0.271 e. The zero-order chi connectivity index (χ0) is 19.9. The minimum Gasteiger partial charge on any atom is -0.379 e. The lowest BCUT2D eigenvalue weighted by Gasteiger charge is -2.26. The molecule has 1 aliphatic rings. The maximum atomic E-state index is 12.3. The number of para-hydroxylation sites is 1. The predicted molar refractivity (Wildman–Crippen MR) is 112 cm³/mol. The molecular formula is C21H26N6O2. The average molecular weight is 394 g/mol. The third kappa shape index (κ3) is 5.10. The van der Waals surface area contributed by atoms with E-state index >= 15 is 0 Å². The number of nitrogens with zero attached hydrogens (tertiary/aromatic N) is 3. The molecule has 3 N–H and O–H groups in total. The first-order chi connectivity index (χ1) is 14.3. The van der Waals surface area contributed by atoms with Gasteiger partial charge in [-0.15, -0.1) is 0 Å². The molecule has 1 fully saturated rings. The number of hydrogen-bond acceptors (Lipinski definition) is 6. The number of aromatic amines is 1. The Morgan fingerprint density at radius 1 is 1.14 bits per heavy atom. The Bertz CT molecular complexity index is 934. The molecule has 3 heterocycles. The number of fused-ring (bicyclic) bond motifs is 1. The van der Waals surface area contributed by atoms with E-state index in [0.29, 0.717) is 18.1 Å². The predicted octanol–water partition coefficient (Wildman–Crippen LogP) is 1.67. The summed E-state index contributed by atoms with van der Waals surface area (Å²) in [5.74, 6) is 0.464. The Morgan fingerprint density at radius 2 is 2.00 bits per heavy atom. The summed E-state index contributed by atoms with van der Waals surface area (Å²) in [6.07, 6.45) is 5.87. The number of ether oxygens (including phenoxy) is 1. The molecule has 2 aromatic heterocycles. The molecule has 1 saturated heterocycles. The first kappa shape index (κ1) is 19.4. The number of hydrogen-bond donors (Lipinski definition) is 3. The number of H-pyrrole nitrogens is 1. The number of carbonyl (C=O) groups excluding carboxylic acids is 1. The molecule has 1 aliphatic heterocycles. The van der Waals surface area contributed by atoms with Crippen LogP contribution in [0, 0.1) is 0 Å². The fourth-order valence-electron chi connectivity index (χ4n) is 3.44. The van der Waals surface area contributed by atoms with Gasteiger partial charge in [-0.2, -0.15) is 0 Å². The van der Waals surface area contributed by atoms with Crippen LogP contribution < -0.4 is 10.6 Å². The summed E-state index contributed by atoms with van der Waals surface area (Å²) in [5, 5.41) is 7.35. The van der Waals surface area contributed by atoms with Gasteiger partial charge in [0.25, 0.3) is 5.91 Å². The second-order valence-electron chi connectivity index (χ2n) is 7.03. The summed E-state index contributed by atoms with van der Waals surface area (Å²) in [6.45, 7) is 5.78. The van der Waals surface area contributed by atoms with Crippen molar-refractivity contribution in [3.05, 3.63) is 54.1 Å². The highest BCUT2D eigenvalue weighted by Gasteiger charge is 2.11. The molecule has 8 heteroatoms. The van der Waals surface area contributed by atoms with Gasteiger partial charge in [0.05, 0.1) is 25.6 Å². The van der Waals surface area contributed by atoms with Crippen molar-refractivity contribution in [2.45, 2.75) is 6.42 Å². The second-order valence-corrected chi connectivity index (χ2v) is 7.03. The van der Waals surface area contributed by atoms with E-state index < -0.39 is 0 Å². The van der Waals surface area contributed by atoms with Gasteiger partial charge in [-0.25, -0.2) is 9.97 Å². The van der Waals surface area contributed by atoms with Crippen molar-refractivity contribution in [2.24, 2.45) is 0 Å². The highest BCUT2D eigenvalue weighted by atomic mass is 16.5. The average Bonchev–Trinajstić information content (AvgIpc) is 3.18. The van der Waals surface area contributed by atoms with Gasteiger partial charge in [-0.3, -0.25) is 9.69 Å². The lowest BCUT2D eigenvalue weighted by Crippen LogP contribution is -2.39. The molecule has 0 aliphatic carbocycles. The van der Waals surface area contributed by atoms with E-state index in [1.54, 1.807) is 6.20 Å². The maximum absolute atomic E-state index is 12.3. The zero-order valence-corrected chi connectivity index (χ0v) is 16.4. The Hall–Kier alpha value is -2.97. The molecule has 0 radical (unpaired) electrons. The van der Waals surface area contributed by atoms with Crippen LogP contribution in [0.1, 0.15) is 16.1 Å². The van der Waals surface area contributed by atoms with Crippen molar-refractivity contribution in [1.29, 1.82) is 0 Å². The number of anilines is 1. The van der Waals surface area contributed by atoms with E-state index in [2.05, 4.69) is 36.6 Å². The Labute approximate surface area is 169 Å². The zero-order valence-electron chi connectivity index (χ0n) is 16.4. The van der Waals surface area contributed by atoms with Gasteiger partial charge >= 0.3 is 0 Å². The number of aromatic nitrogens is 3. The molecule has 0 unspecified atom stereocenters. The molecule has 3 aromatic rings. The second kappa shape index (κ2) is 9.49. The largest absolute Gasteiger partial charge is 0.379 e. The van der Waals surface area contributed by atoms with E-state index in [1.807, 2.05) is 24.4 Å². The molecule has 4 rings (SSSR count). The normalized spacial score (nSPS) is 14.8. The van der Waals surface area contributed by atoms with Gasteiger partial charge in [0.15, 0.2) is 0 Å². The van der Waals surface area contributed by atoms with Gasteiger partial charge in [0, 0.05) is 49.8 Å². The summed E-state index contributed by atoms with van der Waals surface area (Å²) < 4.78 is 5.34. The molecule has 0 bridgehead atoms. The molecule has 0 spiro atoms. The summed E-state index contributed by atoms with van der Waals surface area (Å²) in [5.41, 5.74) is 2.62. The molecule has 0 atom stereocenters. The summed E-state index contributed by atoms with van der Waals surface area (Å²) in [7, 11) is 0. The standard InChI is InChI=1S/C21H26N6O2/c28-21(23-6-5-16-13-24-18-4-2-1-3-17(16)18)19-14-26-20(15-25-19)22-7-8-27-9-11-29-12-10-27/h1-4,13-15,24H,5-12H2,(H,22,26)(H,23,28). The summed E-state index contributed by atoms with van der Waals surface area (Å²) >= 11 is 0. The third-order valence-corrected chi connectivity index (χ3v) is 5.08. The van der Waals surface area contributed by atoms with Gasteiger partial charge in [0.2, 0.25) is 0 Å². The van der Waals surface area contributed by atoms with Crippen LogP contribution in [0.25, 0.3) is 10.9 Å². The molecule has 29 heavy (non-hydrogen) atoms. The van der Waals surface area contributed by atoms with E-state index in [1.165, 1.54) is 17.1 Å². The first-order valence-electron chi connectivity index (χ1n) is 9.99. The van der Waals surface area contributed by atoms with Crippen LogP contribution in [0.3, 0.4) is 0 Å². The Balaban J connectivity index is 1.21. The minimum atomic E-state index is -0.211. The van der Waals surface area contributed by atoms with Crippen LogP contribution >= 0.6 is 0 Å². The lowest BCUT2D eigenvalue weighted by molar-refractivity contribution is 0.0398. The van der Waals surface area contributed by atoms with Gasteiger partial charge < -0.3 is 20.4 Å². The fraction of sp³-hybridized carbons (Fsp3) is 0.381. The van der Waals surface area contributed by atoms with Crippen molar-refractivity contribution < 1.29 is 9.53 Å². The SMILES string of the molecule is O=C(NCCc1c[nH]c2ccccc12)c1cnc(NCCN2CCOCC2)cn1. The number of nitrogens with one attached hydrogen (secondary N) is 3. The van der Waals surface area contributed by atoms with Gasteiger partial charge in [-0.05, 0) is 18.1 Å². The molecule has 1 amide bonds. The van der Waals surface area contributed by atoms with Gasteiger partial charge in [-0.1, -0.05) is 18.2 Å². The van der Waals surface area contributed by atoms with Crippen molar-refractivity contribution in [2.75, 3.05) is 51.3 Å². The highest BCUT2D eigenvalue weighted by molar-refractivity contribution is 5.92. The molecule has 0 saturated carbocycles. The van der Waals surface area contributed by atoms with Crippen molar-refractivity contribution in [1.82, 2.24) is 25.2 Å². The topological polar surface area (TPSA) is 95.2 Å². The van der Waals surface area contributed by atoms with Gasteiger partial charge in [0.1, 0.15) is 11.5 Å². The number of rotatable bonds is 8. The van der Waals surface area contributed by atoms with Crippen molar-refractivity contribution in [3.8, 4) is 0 Å². The lowest BCUT2D eigenvalue weighted by atomic mass is 10.1. The van der Waals surface area contributed by atoms with Crippen molar-refractivity contribution in [3.63, 3.8) is 0 Å². The fourth-order valence-corrected chi connectivity index (χ4v) is 3.44.